The molecular weight excluding hydrogens is 431 g/mol. The molecule has 4 saturated carbocycles. The summed E-state index contributed by atoms with van der Waals surface area (Å²) in [6.07, 6.45) is 8.95. The van der Waals surface area contributed by atoms with Gasteiger partial charge in [-0.2, -0.15) is 0 Å². The van der Waals surface area contributed by atoms with Crippen molar-refractivity contribution in [3.63, 3.8) is 0 Å². The van der Waals surface area contributed by atoms with E-state index in [0.717, 1.165) is 50.5 Å². The Morgan fingerprint density at radius 1 is 1.03 bits per heavy atom. The molecule has 4 fully saturated rings. The summed E-state index contributed by atoms with van der Waals surface area (Å²) in [6.45, 7) is 4.57. The van der Waals surface area contributed by atoms with Gasteiger partial charge in [-0.05, 0) is 98.5 Å². The predicted molar refractivity (Wildman–Crippen MR) is 118 cm³/mol. The van der Waals surface area contributed by atoms with E-state index in [4.69, 9.17) is 8.94 Å². The van der Waals surface area contributed by atoms with Gasteiger partial charge in [-0.15, -0.1) is 0 Å². The topological polar surface area (TPSA) is 117 Å². The number of hydrogen-bond acceptors (Lipinski definition) is 5. The third-order valence-electron chi connectivity index (χ3n) is 10.2. The smallest absolute Gasteiger partial charge is 0.431 e. The molecule has 5 rings (SSSR count). The van der Waals surface area contributed by atoms with Gasteiger partial charge in [0, 0.05) is 11.5 Å². The third kappa shape index (κ3) is 3.39. The molecule has 178 valence electrons. The summed E-state index contributed by atoms with van der Waals surface area (Å²) in [5, 5.41) is 12.2. The van der Waals surface area contributed by atoms with Crippen LogP contribution in [-0.4, -0.2) is 26.6 Å². The molecule has 8 atom stereocenters. The van der Waals surface area contributed by atoms with Crippen molar-refractivity contribution in [1.82, 2.24) is 0 Å². The van der Waals surface area contributed by atoms with E-state index in [1.54, 1.807) is 6.26 Å². The number of rotatable bonds is 3. The normalized spacial score (nSPS) is 46.2. The lowest BCUT2D eigenvalue weighted by molar-refractivity contribution is -0.205. The van der Waals surface area contributed by atoms with E-state index in [9.17, 15) is 24.3 Å². The van der Waals surface area contributed by atoms with Gasteiger partial charge in [0.1, 0.15) is 0 Å². The third-order valence-corrected chi connectivity index (χ3v) is 10.8. The molecule has 0 aromatic carbocycles. The Hall–Kier alpha value is -0.980. The van der Waals surface area contributed by atoms with Gasteiger partial charge in [-0.3, -0.25) is 4.52 Å². The van der Waals surface area contributed by atoms with Crippen molar-refractivity contribution in [3.05, 3.63) is 34.4 Å². The van der Waals surface area contributed by atoms with Crippen molar-refractivity contribution < 1.29 is 28.4 Å². The Balaban J connectivity index is 1.40. The fourth-order valence-electron chi connectivity index (χ4n) is 8.58. The van der Waals surface area contributed by atoms with E-state index in [0.29, 0.717) is 24.7 Å². The molecule has 0 spiro atoms. The van der Waals surface area contributed by atoms with Crippen molar-refractivity contribution in [2.45, 2.75) is 89.3 Å². The predicted octanol–water partition coefficient (Wildman–Crippen LogP) is 4.36. The van der Waals surface area contributed by atoms with Crippen LogP contribution in [0.3, 0.4) is 0 Å². The molecule has 0 unspecified atom stereocenters. The van der Waals surface area contributed by atoms with Gasteiger partial charge >= 0.3 is 13.4 Å². The zero-order valence-electron chi connectivity index (χ0n) is 18.9. The molecule has 4 aliphatic carbocycles. The lowest BCUT2D eigenvalue weighted by Crippen LogP contribution is -2.62. The average molecular weight is 467 g/mol. The summed E-state index contributed by atoms with van der Waals surface area (Å²) >= 11 is 0. The Morgan fingerprint density at radius 3 is 2.50 bits per heavy atom. The molecule has 0 amide bonds. The Kier molecular flexibility index (Phi) is 5.35. The average Bonchev–Trinajstić information content (AvgIpc) is 2.99. The molecule has 1 aromatic heterocycles. The zero-order chi connectivity index (χ0) is 22.9. The second kappa shape index (κ2) is 7.51. The van der Waals surface area contributed by atoms with Crippen molar-refractivity contribution in [1.29, 1.82) is 0 Å². The summed E-state index contributed by atoms with van der Waals surface area (Å²) in [4.78, 5) is 29.9. The molecule has 1 heterocycles. The minimum Gasteiger partial charge on any atom is -0.431 e. The summed E-state index contributed by atoms with van der Waals surface area (Å²) < 4.78 is 21.6. The molecule has 4 aliphatic rings. The molecule has 1 aromatic rings. The fraction of sp³-hybridized carbons (Fsp3) is 0.792. The lowest BCUT2D eigenvalue weighted by atomic mass is 9.43. The molecule has 0 radical (unpaired) electrons. The zero-order valence-corrected chi connectivity index (χ0v) is 19.8. The first-order chi connectivity index (χ1) is 15.0. The van der Waals surface area contributed by atoms with Gasteiger partial charge in [0.05, 0.1) is 18.0 Å². The van der Waals surface area contributed by atoms with Crippen LogP contribution in [0, 0.1) is 28.6 Å². The quantitative estimate of drug-likeness (QED) is 0.567. The van der Waals surface area contributed by atoms with E-state index in [1.165, 1.54) is 6.07 Å². The monoisotopic (exact) mass is 466 g/mol. The summed E-state index contributed by atoms with van der Waals surface area (Å²) in [6, 6.07) is 3.34. The Labute approximate surface area is 188 Å². The molecule has 0 aliphatic heterocycles. The Bertz CT molecular complexity index is 966. The number of phosphoric acid groups is 1. The van der Waals surface area contributed by atoms with Crippen molar-refractivity contribution in [2.24, 2.45) is 28.6 Å². The minimum atomic E-state index is -4.47. The molecule has 7 nitrogen and oxygen atoms in total. The number of hydrogen-bond donors (Lipinski definition) is 3. The van der Waals surface area contributed by atoms with Crippen LogP contribution >= 0.6 is 7.82 Å². The van der Waals surface area contributed by atoms with E-state index in [-0.39, 0.29) is 34.4 Å². The molecule has 8 heteroatoms. The maximum Gasteiger partial charge on any atom is 0.469 e. The van der Waals surface area contributed by atoms with Gasteiger partial charge in [0.15, 0.2) is 0 Å². The maximum absolute atomic E-state index is 12.2. The fourth-order valence-corrected chi connectivity index (χ4v) is 9.16. The second-order valence-electron chi connectivity index (χ2n) is 11.3. The van der Waals surface area contributed by atoms with E-state index in [1.807, 2.05) is 6.07 Å². The number of aliphatic hydroxyl groups is 1. The number of fused-ring (bicyclic) bond motifs is 5. The first kappa shape index (κ1) is 22.8. The van der Waals surface area contributed by atoms with Gasteiger partial charge < -0.3 is 19.3 Å². The van der Waals surface area contributed by atoms with Crippen LogP contribution in [-0.2, 0) is 9.09 Å². The highest BCUT2D eigenvalue weighted by atomic mass is 31.2. The first-order valence-electron chi connectivity index (χ1n) is 12.0. The van der Waals surface area contributed by atoms with Crippen LogP contribution < -0.4 is 5.63 Å². The molecular formula is C24H35O7P. The minimum absolute atomic E-state index is 0.0619. The first-order valence-corrected chi connectivity index (χ1v) is 13.5. The summed E-state index contributed by atoms with van der Waals surface area (Å²) in [7, 11) is -4.47. The van der Waals surface area contributed by atoms with E-state index in [2.05, 4.69) is 13.8 Å². The summed E-state index contributed by atoms with van der Waals surface area (Å²) in [5.74, 6) is 1.17. The van der Waals surface area contributed by atoms with Crippen LogP contribution in [0.15, 0.2) is 27.6 Å². The Morgan fingerprint density at radius 2 is 1.81 bits per heavy atom. The number of phosphoric ester groups is 1. The molecule has 3 N–H and O–H groups in total. The van der Waals surface area contributed by atoms with Gasteiger partial charge in [0.25, 0.3) is 0 Å². The highest BCUT2D eigenvalue weighted by Crippen LogP contribution is 2.70. The van der Waals surface area contributed by atoms with Gasteiger partial charge in [0.2, 0.25) is 0 Å². The highest BCUT2D eigenvalue weighted by Gasteiger charge is 2.67. The van der Waals surface area contributed by atoms with Crippen LogP contribution in [0.25, 0.3) is 0 Å². The van der Waals surface area contributed by atoms with Crippen molar-refractivity contribution in [2.75, 3.05) is 0 Å². The highest BCUT2D eigenvalue weighted by molar-refractivity contribution is 7.46. The second-order valence-corrected chi connectivity index (χ2v) is 12.5. The van der Waals surface area contributed by atoms with Gasteiger partial charge in [-0.25, -0.2) is 9.36 Å². The van der Waals surface area contributed by atoms with Crippen molar-refractivity contribution in [3.8, 4) is 0 Å². The standard InChI is InChI=1S/C24H35O7P/c1-22-10-7-17(31-32(27,28)29)13-16(22)4-5-20-19(22)8-11-23(2)18(9-12-24(20,23)26)15-3-6-21(25)30-14-15/h3,6,14,16-20,26H,4-5,7-13H2,1-2H3,(H2,27,28,29)/t16-,17+,18-,19+,20-,22+,23-,24+/m1/s1. The molecule has 0 bridgehead atoms. The largest absolute Gasteiger partial charge is 0.469 e. The van der Waals surface area contributed by atoms with Crippen LogP contribution in [0.1, 0.15) is 83.1 Å². The van der Waals surface area contributed by atoms with Gasteiger partial charge in [-0.1, -0.05) is 13.8 Å². The van der Waals surface area contributed by atoms with Crippen LogP contribution in [0.2, 0.25) is 0 Å². The van der Waals surface area contributed by atoms with E-state index < -0.39 is 13.4 Å². The SMILES string of the molecule is C[C@]12CC[C@H](OP(=O)(O)O)C[C@H]1CC[C@@H]1[C@@H]2CC[C@]2(C)[C@@H](c3ccc(=O)oc3)CC[C@]12O. The summed E-state index contributed by atoms with van der Waals surface area (Å²) in [5.41, 5.74) is -0.272. The van der Waals surface area contributed by atoms with Crippen LogP contribution in [0.5, 0.6) is 0 Å². The van der Waals surface area contributed by atoms with Crippen molar-refractivity contribution >= 4 is 7.82 Å². The van der Waals surface area contributed by atoms with E-state index >= 15 is 0 Å². The maximum atomic E-state index is 12.2. The molecule has 32 heavy (non-hydrogen) atoms. The molecule has 0 saturated heterocycles. The van der Waals surface area contributed by atoms with Crippen LogP contribution in [0.4, 0.5) is 0 Å². The lowest BCUT2D eigenvalue weighted by Gasteiger charge is -2.63.